The van der Waals surface area contributed by atoms with E-state index in [9.17, 15) is 9.59 Å². The van der Waals surface area contributed by atoms with Gasteiger partial charge in [0, 0.05) is 18.1 Å². The Labute approximate surface area is 149 Å². The molecular weight excluding hydrogens is 336 g/mol. The highest BCUT2D eigenvalue weighted by Gasteiger charge is 2.19. The summed E-state index contributed by atoms with van der Waals surface area (Å²) in [5.41, 5.74) is 1.39. The first-order valence-electron chi connectivity index (χ1n) is 7.81. The lowest BCUT2D eigenvalue weighted by Gasteiger charge is -2.18. The van der Waals surface area contributed by atoms with Gasteiger partial charge in [-0.3, -0.25) is 4.79 Å². The summed E-state index contributed by atoms with van der Waals surface area (Å²) in [5, 5.41) is 4.90. The van der Waals surface area contributed by atoms with Crippen molar-refractivity contribution in [2.45, 2.75) is 6.04 Å². The van der Waals surface area contributed by atoms with E-state index in [2.05, 4.69) is 5.32 Å². The second kappa shape index (κ2) is 7.81. The maximum absolute atomic E-state index is 12.3. The van der Waals surface area contributed by atoms with E-state index in [1.807, 2.05) is 47.8 Å². The van der Waals surface area contributed by atoms with Gasteiger partial charge in [-0.25, -0.2) is 4.79 Å². The molecule has 1 atom stereocenters. The van der Waals surface area contributed by atoms with Crippen molar-refractivity contribution in [3.05, 3.63) is 82.3 Å². The van der Waals surface area contributed by atoms with Crippen LogP contribution < -0.4 is 5.32 Å². The molecule has 0 fully saturated rings. The van der Waals surface area contributed by atoms with Crippen molar-refractivity contribution >= 4 is 23.2 Å². The van der Waals surface area contributed by atoms with Crippen LogP contribution in [0.2, 0.25) is 0 Å². The molecule has 1 N–H and O–H groups in total. The smallest absolute Gasteiger partial charge is 0.355 e. The quantitative estimate of drug-likeness (QED) is 0.692. The van der Waals surface area contributed by atoms with Crippen molar-refractivity contribution < 1.29 is 14.3 Å². The SMILES string of the molecule is Cn1cccc1C(=O)OCC(=O)N[C@@H](c1ccccc1)c1cccs1. The molecule has 1 amide bonds. The Morgan fingerprint density at radius 1 is 1.12 bits per heavy atom. The highest BCUT2D eigenvalue weighted by molar-refractivity contribution is 7.10. The number of thiophene rings is 1. The van der Waals surface area contributed by atoms with Crippen molar-refractivity contribution in [1.29, 1.82) is 0 Å². The number of esters is 1. The minimum absolute atomic E-state index is 0.262. The number of ether oxygens (including phenoxy) is 1. The summed E-state index contributed by atoms with van der Waals surface area (Å²) in [4.78, 5) is 25.3. The van der Waals surface area contributed by atoms with Crippen LogP contribution in [-0.4, -0.2) is 23.1 Å². The molecule has 0 saturated carbocycles. The average Bonchev–Trinajstić information content (AvgIpc) is 3.30. The summed E-state index contributed by atoms with van der Waals surface area (Å²) < 4.78 is 6.77. The van der Waals surface area contributed by atoms with Crippen LogP contribution in [0.4, 0.5) is 0 Å². The van der Waals surface area contributed by atoms with E-state index < -0.39 is 5.97 Å². The Kier molecular flexibility index (Phi) is 5.30. The Balaban J connectivity index is 1.65. The molecule has 3 aromatic rings. The molecule has 0 radical (unpaired) electrons. The van der Waals surface area contributed by atoms with E-state index in [4.69, 9.17) is 4.74 Å². The van der Waals surface area contributed by atoms with E-state index in [0.717, 1.165) is 10.4 Å². The summed E-state index contributed by atoms with van der Waals surface area (Å²) in [6, 6.07) is 16.8. The van der Waals surface area contributed by atoms with Gasteiger partial charge in [0.25, 0.3) is 5.91 Å². The van der Waals surface area contributed by atoms with Crippen LogP contribution in [-0.2, 0) is 16.6 Å². The number of benzene rings is 1. The second-order valence-electron chi connectivity index (χ2n) is 5.51. The fourth-order valence-electron chi connectivity index (χ4n) is 2.50. The van der Waals surface area contributed by atoms with Gasteiger partial charge in [0.2, 0.25) is 0 Å². The molecule has 0 spiro atoms. The zero-order valence-electron chi connectivity index (χ0n) is 13.7. The Bertz CT molecular complexity index is 841. The number of hydrogen-bond donors (Lipinski definition) is 1. The number of amides is 1. The molecule has 2 aromatic heterocycles. The first kappa shape index (κ1) is 17.0. The number of carbonyl (C=O) groups excluding carboxylic acids is 2. The molecule has 5 nitrogen and oxygen atoms in total. The summed E-state index contributed by atoms with van der Waals surface area (Å²) in [6.07, 6.45) is 1.75. The Morgan fingerprint density at radius 3 is 2.56 bits per heavy atom. The number of nitrogens with zero attached hydrogens (tertiary/aromatic N) is 1. The molecule has 3 rings (SSSR count). The third-order valence-electron chi connectivity index (χ3n) is 3.75. The Morgan fingerprint density at radius 2 is 1.92 bits per heavy atom. The number of aryl methyl sites for hydroxylation is 1. The summed E-state index contributed by atoms with van der Waals surface area (Å²) in [7, 11) is 1.75. The van der Waals surface area contributed by atoms with Gasteiger partial charge in [0.05, 0.1) is 6.04 Å². The topological polar surface area (TPSA) is 60.3 Å². The van der Waals surface area contributed by atoms with E-state index in [0.29, 0.717) is 5.69 Å². The molecule has 0 aliphatic rings. The van der Waals surface area contributed by atoms with Crippen LogP contribution in [0.15, 0.2) is 66.2 Å². The van der Waals surface area contributed by atoms with Crippen LogP contribution in [0, 0.1) is 0 Å². The molecule has 0 saturated heterocycles. The first-order valence-corrected chi connectivity index (χ1v) is 8.69. The second-order valence-corrected chi connectivity index (χ2v) is 6.49. The van der Waals surface area contributed by atoms with E-state index in [1.165, 1.54) is 0 Å². The summed E-state index contributed by atoms with van der Waals surface area (Å²) >= 11 is 1.57. The van der Waals surface area contributed by atoms with Crippen molar-refractivity contribution in [3.8, 4) is 0 Å². The molecule has 1 aromatic carbocycles. The van der Waals surface area contributed by atoms with Gasteiger partial charge in [-0.15, -0.1) is 11.3 Å². The number of carbonyl (C=O) groups is 2. The minimum Gasteiger partial charge on any atom is -0.451 e. The number of hydrogen-bond acceptors (Lipinski definition) is 4. The highest BCUT2D eigenvalue weighted by atomic mass is 32.1. The predicted molar refractivity (Wildman–Crippen MR) is 96.4 cm³/mol. The zero-order valence-corrected chi connectivity index (χ0v) is 14.5. The van der Waals surface area contributed by atoms with E-state index >= 15 is 0 Å². The zero-order chi connectivity index (χ0) is 17.6. The number of aromatic nitrogens is 1. The van der Waals surface area contributed by atoms with Crippen LogP contribution in [0.1, 0.15) is 27.0 Å². The molecule has 25 heavy (non-hydrogen) atoms. The van der Waals surface area contributed by atoms with Crippen LogP contribution >= 0.6 is 11.3 Å². The average molecular weight is 354 g/mol. The molecule has 6 heteroatoms. The van der Waals surface area contributed by atoms with Gasteiger partial charge < -0.3 is 14.6 Å². The molecule has 0 unspecified atom stereocenters. The van der Waals surface area contributed by atoms with Gasteiger partial charge >= 0.3 is 5.97 Å². The normalized spacial score (nSPS) is 11.7. The van der Waals surface area contributed by atoms with Crippen molar-refractivity contribution in [3.63, 3.8) is 0 Å². The van der Waals surface area contributed by atoms with E-state index in [1.54, 1.807) is 41.3 Å². The fourth-order valence-corrected chi connectivity index (χ4v) is 3.30. The molecule has 0 aliphatic heterocycles. The van der Waals surface area contributed by atoms with Gasteiger partial charge in [0.15, 0.2) is 6.61 Å². The fraction of sp³-hybridized carbons (Fsp3) is 0.158. The third-order valence-corrected chi connectivity index (χ3v) is 4.69. The number of rotatable bonds is 6. The van der Waals surface area contributed by atoms with Crippen LogP contribution in [0.3, 0.4) is 0 Å². The maximum Gasteiger partial charge on any atom is 0.355 e. The number of nitrogens with one attached hydrogen (secondary N) is 1. The molecule has 128 valence electrons. The molecule has 0 aliphatic carbocycles. The van der Waals surface area contributed by atoms with Gasteiger partial charge in [-0.05, 0) is 29.1 Å². The minimum atomic E-state index is -0.518. The molecular formula is C19H18N2O3S. The lowest BCUT2D eigenvalue weighted by molar-refractivity contribution is -0.124. The van der Waals surface area contributed by atoms with Gasteiger partial charge in [0.1, 0.15) is 5.69 Å². The van der Waals surface area contributed by atoms with Crippen molar-refractivity contribution in [2.24, 2.45) is 7.05 Å². The summed E-state index contributed by atoms with van der Waals surface area (Å²) in [6.45, 7) is -0.321. The highest BCUT2D eigenvalue weighted by Crippen LogP contribution is 2.25. The Hall–Kier alpha value is -2.86. The van der Waals surface area contributed by atoms with Gasteiger partial charge in [-0.1, -0.05) is 36.4 Å². The van der Waals surface area contributed by atoms with Crippen molar-refractivity contribution in [2.75, 3.05) is 6.61 Å². The first-order chi connectivity index (χ1) is 12.1. The van der Waals surface area contributed by atoms with Crippen LogP contribution in [0.25, 0.3) is 0 Å². The third kappa shape index (κ3) is 4.16. The monoisotopic (exact) mass is 354 g/mol. The van der Waals surface area contributed by atoms with Crippen LogP contribution in [0.5, 0.6) is 0 Å². The molecule has 2 heterocycles. The predicted octanol–water partition coefficient (Wildman–Crippen LogP) is 3.15. The van der Waals surface area contributed by atoms with Gasteiger partial charge in [-0.2, -0.15) is 0 Å². The lowest BCUT2D eigenvalue weighted by Crippen LogP contribution is -2.32. The lowest BCUT2D eigenvalue weighted by atomic mass is 10.1. The van der Waals surface area contributed by atoms with Crippen molar-refractivity contribution in [1.82, 2.24) is 9.88 Å². The standard InChI is InChI=1S/C19H18N2O3S/c1-21-11-5-9-15(21)19(23)24-13-17(22)20-18(16-10-6-12-25-16)14-7-3-2-4-8-14/h2-12,18H,13H2,1H3,(H,20,22)/t18-/m0/s1. The van der Waals surface area contributed by atoms with E-state index in [-0.39, 0.29) is 18.6 Å². The largest absolute Gasteiger partial charge is 0.451 e. The maximum atomic E-state index is 12.3. The molecule has 0 bridgehead atoms. The summed E-state index contributed by atoms with van der Waals surface area (Å²) in [5.74, 6) is -0.861.